The first-order valence-corrected chi connectivity index (χ1v) is 10.9. The summed E-state index contributed by atoms with van der Waals surface area (Å²) in [7, 11) is -1.35. The number of hydrazone groups is 1. The summed E-state index contributed by atoms with van der Waals surface area (Å²) >= 11 is 1.42. The highest BCUT2D eigenvalue weighted by atomic mass is 32.1. The molecule has 2 rings (SSSR count). The topological polar surface area (TPSA) is 63.3 Å². The number of nitrogen functional groups attached to an aromatic ring is 1. The Kier molecular flexibility index (Phi) is 4.78. The van der Waals surface area contributed by atoms with Gasteiger partial charge in [-0.05, 0) is 17.7 Å². The Morgan fingerprint density at radius 2 is 2.19 bits per heavy atom. The molecule has 108 valence electrons. The number of nitrogens with one attached hydrogen (secondary N) is 1. The summed E-state index contributed by atoms with van der Waals surface area (Å²) in [6.07, 6.45) is 1.75. The zero-order chi connectivity index (χ0) is 15.3. The largest absolute Gasteiger partial charge is 0.383 e. The van der Waals surface area contributed by atoms with Gasteiger partial charge in [0.1, 0.15) is 13.9 Å². The minimum atomic E-state index is -1.35. The molecule has 4 nitrogen and oxygen atoms in total. The molecule has 0 saturated heterocycles. The van der Waals surface area contributed by atoms with Crippen molar-refractivity contribution in [3.63, 3.8) is 0 Å². The van der Waals surface area contributed by atoms with Gasteiger partial charge in [0.05, 0.1) is 6.21 Å². The van der Waals surface area contributed by atoms with Gasteiger partial charge in [0.15, 0.2) is 0 Å². The van der Waals surface area contributed by atoms with E-state index in [1.165, 1.54) is 11.3 Å². The lowest BCUT2D eigenvalue weighted by atomic mass is 10.1. The molecule has 0 fully saturated rings. The first-order chi connectivity index (χ1) is 9.92. The first kappa shape index (κ1) is 15.3. The van der Waals surface area contributed by atoms with Gasteiger partial charge < -0.3 is 5.73 Å². The molecular weight excluding hydrogens is 296 g/mol. The number of nitrogens with two attached hydrogens (primary N) is 1. The van der Waals surface area contributed by atoms with Gasteiger partial charge in [-0.1, -0.05) is 37.7 Å². The molecule has 0 atom stereocenters. The van der Waals surface area contributed by atoms with Gasteiger partial charge in [-0.15, -0.1) is 16.9 Å². The van der Waals surface area contributed by atoms with Gasteiger partial charge in [-0.3, -0.25) is 5.43 Å². The molecule has 0 aliphatic carbocycles. The highest BCUT2D eigenvalue weighted by molar-refractivity contribution is 7.14. The van der Waals surface area contributed by atoms with Gasteiger partial charge in [0, 0.05) is 10.9 Å². The summed E-state index contributed by atoms with van der Waals surface area (Å²) in [6, 6.07) is 8.01. The lowest BCUT2D eigenvalue weighted by Gasteiger charge is -2.03. The number of hydrogen-bond donors (Lipinski definition) is 2. The molecule has 0 aliphatic heterocycles. The highest BCUT2D eigenvalue weighted by Gasteiger charge is 2.07. The Bertz CT molecular complexity index is 704. The van der Waals surface area contributed by atoms with E-state index in [1.54, 1.807) is 11.6 Å². The first-order valence-electron chi connectivity index (χ1n) is 6.56. The third-order valence-corrected chi connectivity index (χ3v) is 4.00. The minimum absolute atomic E-state index is 0.501. The zero-order valence-corrected chi connectivity index (χ0v) is 14.2. The maximum atomic E-state index is 5.55. The van der Waals surface area contributed by atoms with Crippen LogP contribution < -0.4 is 11.2 Å². The Morgan fingerprint density at radius 1 is 1.38 bits per heavy atom. The van der Waals surface area contributed by atoms with Crippen molar-refractivity contribution >= 4 is 36.6 Å². The summed E-state index contributed by atoms with van der Waals surface area (Å²) in [5.74, 6) is 3.74. The molecule has 21 heavy (non-hydrogen) atoms. The van der Waals surface area contributed by atoms with Crippen LogP contribution in [0.15, 0.2) is 34.7 Å². The monoisotopic (exact) mass is 314 g/mol. The predicted molar refractivity (Wildman–Crippen MR) is 94.4 cm³/mol. The Balaban J connectivity index is 2.05. The summed E-state index contributed by atoms with van der Waals surface area (Å²) in [6.45, 7) is 6.69. The molecule has 1 aromatic heterocycles. The van der Waals surface area contributed by atoms with Crippen molar-refractivity contribution in [2.45, 2.75) is 19.6 Å². The van der Waals surface area contributed by atoms with Crippen LogP contribution >= 0.6 is 11.3 Å². The summed E-state index contributed by atoms with van der Waals surface area (Å²) in [4.78, 5) is 4.07. The predicted octanol–water partition coefficient (Wildman–Crippen LogP) is 3.40. The highest BCUT2D eigenvalue weighted by Crippen LogP contribution is 2.16. The van der Waals surface area contributed by atoms with E-state index >= 15 is 0 Å². The molecule has 3 N–H and O–H groups in total. The van der Waals surface area contributed by atoms with E-state index in [9.17, 15) is 0 Å². The van der Waals surface area contributed by atoms with E-state index in [0.717, 1.165) is 11.1 Å². The van der Waals surface area contributed by atoms with Gasteiger partial charge in [0.25, 0.3) is 0 Å². The second kappa shape index (κ2) is 6.57. The van der Waals surface area contributed by atoms with E-state index in [1.807, 2.05) is 24.3 Å². The van der Waals surface area contributed by atoms with Crippen molar-refractivity contribution in [2.24, 2.45) is 5.10 Å². The molecule has 0 aliphatic rings. The van der Waals surface area contributed by atoms with Crippen molar-refractivity contribution in [3.8, 4) is 11.5 Å². The molecule has 1 heterocycles. The standard InChI is InChI=1S/C15H18N4SSi/c1-21(2,3)8-7-12-5-4-6-13(9-12)10-17-19-15-18-14(16)11-20-15/h4-6,9-11H,16H2,1-3H3,(H,18,19). The van der Waals surface area contributed by atoms with E-state index in [4.69, 9.17) is 5.73 Å². The van der Waals surface area contributed by atoms with Crippen LogP contribution in [0.1, 0.15) is 11.1 Å². The fourth-order valence-corrected chi connectivity index (χ4v) is 2.52. The average molecular weight is 314 g/mol. The second-order valence-corrected chi connectivity index (χ2v) is 11.2. The van der Waals surface area contributed by atoms with E-state index in [0.29, 0.717) is 10.9 Å². The Labute approximate surface area is 130 Å². The fourth-order valence-electron chi connectivity index (χ4n) is 1.46. The number of anilines is 2. The number of rotatable bonds is 3. The Morgan fingerprint density at radius 3 is 2.86 bits per heavy atom. The van der Waals surface area contributed by atoms with Crippen molar-refractivity contribution in [1.82, 2.24) is 4.98 Å². The number of nitrogens with zero attached hydrogens (tertiary/aromatic N) is 2. The average Bonchev–Trinajstić information content (AvgIpc) is 2.82. The van der Waals surface area contributed by atoms with Gasteiger partial charge >= 0.3 is 0 Å². The van der Waals surface area contributed by atoms with Crippen molar-refractivity contribution < 1.29 is 0 Å². The second-order valence-electron chi connectivity index (χ2n) is 5.57. The maximum absolute atomic E-state index is 5.55. The van der Waals surface area contributed by atoms with Crippen LogP contribution in [0.2, 0.25) is 19.6 Å². The van der Waals surface area contributed by atoms with E-state index in [-0.39, 0.29) is 0 Å². The van der Waals surface area contributed by atoms with Crippen LogP contribution in [0.5, 0.6) is 0 Å². The third kappa shape index (κ3) is 5.42. The quantitative estimate of drug-likeness (QED) is 0.395. The summed E-state index contributed by atoms with van der Waals surface area (Å²) in [5.41, 5.74) is 13.8. The Hall–Kier alpha value is -2.10. The lowest BCUT2D eigenvalue weighted by molar-refractivity contribution is 1.29. The lowest BCUT2D eigenvalue weighted by Crippen LogP contribution is -2.16. The number of hydrogen-bond acceptors (Lipinski definition) is 5. The normalized spacial score (nSPS) is 11.2. The fraction of sp³-hybridized carbons (Fsp3) is 0.200. The number of thiazole rings is 1. The minimum Gasteiger partial charge on any atom is -0.383 e. The number of aromatic nitrogens is 1. The van der Waals surface area contributed by atoms with Gasteiger partial charge in [0.2, 0.25) is 5.13 Å². The summed E-state index contributed by atoms with van der Waals surface area (Å²) in [5, 5.41) is 6.60. The van der Waals surface area contributed by atoms with Gasteiger partial charge in [-0.25, -0.2) is 4.98 Å². The van der Waals surface area contributed by atoms with Gasteiger partial charge in [-0.2, -0.15) is 5.10 Å². The van der Waals surface area contributed by atoms with Crippen LogP contribution in [0.25, 0.3) is 0 Å². The molecule has 0 radical (unpaired) electrons. The molecule has 2 aromatic rings. The van der Waals surface area contributed by atoms with Crippen LogP contribution in [-0.2, 0) is 0 Å². The van der Waals surface area contributed by atoms with E-state index < -0.39 is 8.07 Å². The van der Waals surface area contributed by atoms with Crippen LogP contribution in [0.4, 0.5) is 10.9 Å². The SMILES string of the molecule is C[Si](C)(C)C#Cc1cccc(C=NNc2nc(N)cs2)c1. The van der Waals surface area contributed by atoms with Crippen molar-refractivity contribution in [2.75, 3.05) is 11.2 Å². The molecular formula is C15H18N4SSi. The van der Waals surface area contributed by atoms with E-state index in [2.05, 4.69) is 46.6 Å². The smallest absolute Gasteiger partial charge is 0.205 e. The third-order valence-electron chi connectivity index (χ3n) is 2.36. The van der Waals surface area contributed by atoms with Crippen molar-refractivity contribution in [1.29, 1.82) is 0 Å². The molecule has 0 amide bonds. The zero-order valence-electron chi connectivity index (χ0n) is 12.3. The molecule has 1 aromatic carbocycles. The van der Waals surface area contributed by atoms with Crippen LogP contribution in [0, 0.1) is 11.5 Å². The molecule has 0 saturated carbocycles. The maximum Gasteiger partial charge on any atom is 0.205 e. The van der Waals surface area contributed by atoms with Crippen LogP contribution in [-0.4, -0.2) is 19.3 Å². The molecule has 0 spiro atoms. The number of benzene rings is 1. The van der Waals surface area contributed by atoms with Crippen molar-refractivity contribution in [3.05, 3.63) is 40.8 Å². The molecule has 0 unspecified atom stereocenters. The summed E-state index contributed by atoms with van der Waals surface area (Å²) < 4.78 is 0. The molecule has 6 heteroatoms. The van der Waals surface area contributed by atoms with Crippen LogP contribution in [0.3, 0.4) is 0 Å². The molecule has 0 bridgehead atoms.